The minimum Gasteiger partial charge on any atom is -0.484 e. The highest BCUT2D eigenvalue weighted by Crippen LogP contribution is 2.16. The van der Waals surface area contributed by atoms with Gasteiger partial charge in [0.1, 0.15) is 5.75 Å². The van der Waals surface area contributed by atoms with E-state index in [-0.39, 0.29) is 18.4 Å². The van der Waals surface area contributed by atoms with E-state index in [1.807, 2.05) is 18.4 Å². The van der Waals surface area contributed by atoms with Crippen LogP contribution >= 0.6 is 11.3 Å². The van der Waals surface area contributed by atoms with Crippen LogP contribution in [0.3, 0.4) is 0 Å². The fourth-order valence-electron chi connectivity index (χ4n) is 2.13. The van der Waals surface area contributed by atoms with E-state index in [1.165, 1.54) is 4.88 Å². The summed E-state index contributed by atoms with van der Waals surface area (Å²) in [6, 6.07) is 11.1. The molecule has 2 rings (SSSR count). The van der Waals surface area contributed by atoms with Gasteiger partial charge >= 0.3 is 0 Å². The molecule has 0 atom stereocenters. The van der Waals surface area contributed by atoms with Crippen molar-refractivity contribution in [3.05, 3.63) is 46.7 Å². The van der Waals surface area contributed by atoms with Crippen LogP contribution in [0.1, 0.15) is 24.6 Å². The van der Waals surface area contributed by atoms with Gasteiger partial charge < -0.3 is 15.4 Å². The molecule has 0 fully saturated rings. The number of anilines is 1. The second-order valence-electron chi connectivity index (χ2n) is 5.25. The monoisotopic (exact) mass is 346 g/mol. The first-order chi connectivity index (χ1) is 11.7. The first kappa shape index (κ1) is 18.0. The number of ether oxygens (including phenoxy) is 1. The molecule has 1 aromatic heterocycles. The van der Waals surface area contributed by atoms with Crippen molar-refractivity contribution in [3.8, 4) is 5.75 Å². The average molecular weight is 346 g/mol. The van der Waals surface area contributed by atoms with Crippen LogP contribution in [0.2, 0.25) is 0 Å². The Morgan fingerprint density at radius 3 is 2.58 bits per heavy atom. The highest BCUT2D eigenvalue weighted by atomic mass is 32.1. The van der Waals surface area contributed by atoms with Crippen LogP contribution in [-0.4, -0.2) is 25.0 Å². The Hall–Kier alpha value is -2.34. The predicted octanol–water partition coefficient (Wildman–Crippen LogP) is 3.22. The molecule has 0 aliphatic heterocycles. The molecule has 0 unspecified atom stereocenters. The lowest BCUT2D eigenvalue weighted by Gasteiger charge is -2.08. The average Bonchev–Trinajstić information content (AvgIpc) is 3.08. The molecule has 6 heteroatoms. The molecule has 1 heterocycles. The molecule has 1 aromatic carbocycles. The molecule has 128 valence electrons. The molecule has 0 bridgehead atoms. The summed E-state index contributed by atoms with van der Waals surface area (Å²) in [5.74, 6) is 0.445. The summed E-state index contributed by atoms with van der Waals surface area (Å²) < 4.78 is 5.36. The molecule has 0 saturated carbocycles. The Balaban J connectivity index is 1.70. The number of rotatable bonds is 9. The van der Waals surface area contributed by atoms with Crippen molar-refractivity contribution < 1.29 is 14.3 Å². The quantitative estimate of drug-likeness (QED) is 0.732. The number of likely N-dealkylation sites (N-methyl/N-ethyl adjacent to an activating group) is 1. The van der Waals surface area contributed by atoms with Crippen LogP contribution in [0.15, 0.2) is 41.8 Å². The largest absolute Gasteiger partial charge is 0.484 e. The molecule has 2 amide bonds. The van der Waals surface area contributed by atoms with Crippen LogP contribution in [0.4, 0.5) is 5.69 Å². The molecule has 2 aromatic rings. The Kier molecular flexibility index (Phi) is 7.29. The van der Waals surface area contributed by atoms with Gasteiger partial charge in [-0.3, -0.25) is 9.59 Å². The zero-order chi connectivity index (χ0) is 17.2. The summed E-state index contributed by atoms with van der Waals surface area (Å²) in [5.41, 5.74) is 0.724. The summed E-state index contributed by atoms with van der Waals surface area (Å²) in [6.45, 7) is 2.43. The Morgan fingerprint density at radius 2 is 1.92 bits per heavy atom. The van der Waals surface area contributed by atoms with Crippen LogP contribution in [0.25, 0.3) is 0 Å². The molecular weight excluding hydrogens is 324 g/mol. The summed E-state index contributed by atoms with van der Waals surface area (Å²) >= 11 is 1.72. The van der Waals surface area contributed by atoms with Crippen molar-refractivity contribution in [2.75, 3.05) is 18.5 Å². The van der Waals surface area contributed by atoms with Crippen molar-refractivity contribution in [2.24, 2.45) is 0 Å². The van der Waals surface area contributed by atoms with E-state index in [4.69, 9.17) is 4.74 Å². The maximum absolute atomic E-state index is 11.9. The second kappa shape index (κ2) is 9.72. The molecule has 0 aliphatic rings. The zero-order valence-corrected chi connectivity index (χ0v) is 14.5. The number of thiophene rings is 1. The Labute approximate surface area is 146 Å². The smallest absolute Gasteiger partial charge is 0.257 e. The standard InChI is InChI=1S/C18H22N2O3S/c1-2-19-18(22)13-23-15-10-8-14(9-11-15)20-17(21)7-3-5-16-6-4-12-24-16/h4,6,8-12H,2-3,5,7,13H2,1H3,(H,19,22)(H,20,21). The van der Waals surface area contributed by atoms with Gasteiger partial charge in [-0.2, -0.15) is 0 Å². The van der Waals surface area contributed by atoms with Crippen LogP contribution in [0, 0.1) is 0 Å². The van der Waals surface area contributed by atoms with Crippen molar-refractivity contribution in [1.29, 1.82) is 0 Å². The number of benzene rings is 1. The van der Waals surface area contributed by atoms with E-state index >= 15 is 0 Å². The van der Waals surface area contributed by atoms with Gasteiger partial charge in [0.05, 0.1) is 0 Å². The Bertz CT molecular complexity index is 639. The topological polar surface area (TPSA) is 67.4 Å². The lowest BCUT2D eigenvalue weighted by molar-refractivity contribution is -0.123. The summed E-state index contributed by atoms with van der Waals surface area (Å²) in [5, 5.41) is 7.57. The summed E-state index contributed by atoms with van der Waals surface area (Å²) in [7, 11) is 0. The van der Waals surface area contributed by atoms with E-state index in [1.54, 1.807) is 35.6 Å². The maximum Gasteiger partial charge on any atom is 0.257 e. The van der Waals surface area contributed by atoms with E-state index in [9.17, 15) is 9.59 Å². The van der Waals surface area contributed by atoms with Crippen molar-refractivity contribution in [2.45, 2.75) is 26.2 Å². The van der Waals surface area contributed by atoms with Crippen molar-refractivity contribution >= 4 is 28.8 Å². The predicted molar refractivity (Wildman–Crippen MR) is 96.5 cm³/mol. The Morgan fingerprint density at radius 1 is 1.12 bits per heavy atom. The van der Waals surface area contributed by atoms with Gasteiger partial charge in [0.15, 0.2) is 6.61 Å². The number of amides is 2. The summed E-state index contributed by atoms with van der Waals surface area (Å²) in [6.07, 6.45) is 2.26. The number of carbonyl (C=O) groups excluding carboxylic acids is 2. The van der Waals surface area contributed by atoms with Crippen LogP contribution in [-0.2, 0) is 16.0 Å². The fourth-order valence-corrected chi connectivity index (χ4v) is 2.88. The molecular formula is C18H22N2O3S. The van der Waals surface area contributed by atoms with Gasteiger partial charge in [-0.05, 0) is 55.5 Å². The number of aryl methyl sites for hydroxylation is 1. The first-order valence-corrected chi connectivity index (χ1v) is 8.87. The highest BCUT2D eigenvalue weighted by molar-refractivity contribution is 7.09. The zero-order valence-electron chi connectivity index (χ0n) is 13.7. The van der Waals surface area contributed by atoms with Crippen molar-refractivity contribution in [3.63, 3.8) is 0 Å². The number of hydrogen-bond donors (Lipinski definition) is 2. The fraction of sp³-hybridized carbons (Fsp3) is 0.333. The lowest BCUT2D eigenvalue weighted by Crippen LogP contribution is -2.28. The van der Waals surface area contributed by atoms with E-state index < -0.39 is 0 Å². The van der Waals surface area contributed by atoms with Gasteiger partial charge in [-0.25, -0.2) is 0 Å². The molecule has 0 saturated heterocycles. The van der Waals surface area contributed by atoms with Gasteiger partial charge in [0, 0.05) is 23.5 Å². The molecule has 0 aliphatic carbocycles. The first-order valence-electron chi connectivity index (χ1n) is 7.99. The molecule has 5 nitrogen and oxygen atoms in total. The van der Waals surface area contributed by atoms with E-state index in [0.29, 0.717) is 18.7 Å². The normalized spacial score (nSPS) is 10.2. The van der Waals surface area contributed by atoms with Crippen LogP contribution < -0.4 is 15.4 Å². The van der Waals surface area contributed by atoms with Gasteiger partial charge in [0.2, 0.25) is 5.91 Å². The van der Waals surface area contributed by atoms with Crippen LogP contribution in [0.5, 0.6) is 5.75 Å². The summed E-state index contributed by atoms with van der Waals surface area (Å²) in [4.78, 5) is 24.5. The minimum atomic E-state index is -0.152. The maximum atomic E-state index is 11.9. The van der Waals surface area contributed by atoms with Gasteiger partial charge in [-0.1, -0.05) is 6.07 Å². The SMILES string of the molecule is CCNC(=O)COc1ccc(NC(=O)CCCc2cccs2)cc1. The number of carbonyl (C=O) groups is 2. The molecule has 0 spiro atoms. The van der Waals surface area contributed by atoms with Gasteiger partial charge in [0.25, 0.3) is 5.91 Å². The third-order valence-electron chi connectivity index (χ3n) is 3.29. The number of hydrogen-bond acceptors (Lipinski definition) is 4. The highest BCUT2D eigenvalue weighted by Gasteiger charge is 2.05. The molecule has 0 radical (unpaired) electrons. The third-order valence-corrected chi connectivity index (χ3v) is 4.23. The van der Waals surface area contributed by atoms with E-state index in [2.05, 4.69) is 16.7 Å². The minimum absolute atomic E-state index is 0.00236. The second-order valence-corrected chi connectivity index (χ2v) is 6.28. The molecule has 24 heavy (non-hydrogen) atoms. The van der Waals surface area contributed by atoms with E-state index in [0.717, 1.165) is 18.5 Å². The lowest BCUT2D eigenvalue weighted by atomic mass is 10.2. The van der Waals surface area contributed by atoms with Crippen molar-refractivity contribution in [1.82, 2.24) is 5.32 Å². The third kappa shape index (κ3) is 6.42. The van der Waals surface area contributed by atoms with Gasteiger partial charge in [-0.15, -0.1) is 11.3 Å². The molecule has 2 N–H and O–H groups in total. The number of nitrogens with one attached hydrogen (secondary N) is 2.